The highest BCUT2D eigenvalue weighted by Gasteiger charge is 2.46. The Bertz CT molecular complexity index is 1510. The maximum atomic E-state index is 13.0. The van der Waals surface area contributed by atoms with Crippen LogP contribution in [0, 0.1) is 18.3 Å². The van der Waals surface area contributed by atoms with Crippen molar-refractivity contribution in [3.63, 3.8) is 0 Å². The zero-order valence-electron chi connectivity index (χ0n) is 19.6. The van der Waals surface area contributed by atoms with Crippen LogP contribution in [0.4, 0.5) is 9.93 Å². The molecule has 9 nitrogen and oxygen atoms in total. The van der Waals surface area contributed by atoms with Crippen LogP contribution in [-0.2, 0) is 4.74 Å². The fraction of sp³-hybridized carbons (Fsp3) is 0.269. The first-order valence-electron chi connectivity index (χ1n) is 11.7. The van der Waals surface area contributed by atoms with Gasteiger partial charge in [-0.15, -0.1) is 0 Å². The van der Waals surface area contributed by atoms with E-state index >= 15 is 0 Å². The molecule has 0 bridgehead atoms. The maximum Gasteiger partial charge on any atom is 0.323 e. The van der Waals surface area contributed by atoms with E-state index in [2.05, 4.69) is 32.7 Å². The van der Waals surface area contributed by atoms with Gasteiger partial charge in [0, 0.05) is 36.3 Å². The summed E-state index contributed by atoms with van der Waals surface area (Å²) in [6, 6.07) is 15.4. The van der Waals surface area contributed by atoms with Gasteiger partial charge in [-0.1, -0.05) is 29.5 Å². The zero-order valence-corrected chi connectivity index (χ0v) is 20.4. The number of morpholine rings is 1. The quantitative estimate of drug-likeness (QED) is 0.442. The summed E-state index contributed by atoms with van der Waals surface area (Å²) in [6.07, 6.45) is 1.56. The molecule has 4 heterocycles. The van der Waals surface area contributed by atoms with E-state index in [-0.39, 0.29) is 11.6 Å². The number of carbonyl (C=O) groups excluding carboxylic acids is 1. The van der Waals surface area contributed by atoms with Gasteiger partial charge in [-0.3, -0.25) is 5.32 Å². The average molecular weight is 498 g/mol. The second kappa shape index (κ2) is 8.95. The molecule has 0 atom stereocenters. The minimum Gasteiger partial charge on any atom is -0.378 e. The van der Waals surface area contributed by atoms with E-state index in [4.69, 9.17) is 9.72 Å². The average Bonchev–Trinajstić information content (AvgIpc) is 3.31. The van der Waals surface area contributed by atoms with Crippen LogP contribution >= 0.6 is 11.3 Å². The molecule has 2 aliphatic heterocycles. The van der Waals surface area contributed by atoms with Crippen molar-refractivity contribution >= 4 is 33.4 Å². The second-order valence-electron chi connectivity index (χ2n) is 9.13. The number of amides is 2. The molecule has 0 radical (unpaired) electrons. The summed E-state index contributed by atoms with van der Waals surface area (Å²) in [5, 5.41) is 17.3. The predicted molar refractivity (Wildman–Crippen MR) is 138 cm³/mol. The number of urea groups is 1. The number of benzene rings is 2. The molecule has 0 aliphatic carbocycles. The summed E-state index contributed by atoms with van der Waals surface area (Å²) >= 11 is 1.41. The highest BCUT2D eigenvalue weighted by Crippen LogP contribution is 2.40. The van der Waals surface area contributed by atoms with Gasteiger partial charge in [0.15, 0.2) is 5.13 Å². The number of rotatable bonds is 3. The minimum atomic E-state index is -0.187. The van der Waals surface area contributed by atoms with Crippen LogP contribution in [0.5, 0.6) is 0 Å². The van der Waals surface area contributed by atoms with Gasteiger partial charge in [-0.05, 0) is 36.8 Å². The summed E-state index contributed by atoms with van der Waals surface area (Å²) < 4.78 is 5.59. The number of ether oxygens (including phenoxy) is 1. The van der Waals surface area contributed by atoms with Gasteiger partial charge < -0.3 is 15.0 Å². The Morgan fingerprint density at radius 3 is 2.92 bits per heavy atom. The highest BCUT2D eigenvalue weighted by atomic mass is 32.1. The first-order valence-corrected chi connectivity index (χ1v) is 12.5. The Labute approximate surface area is 211 Å². The standard InChI is InChI=1S/C26H23N7O2S/c1-16-20-10-19(5-6-21(20)29-15-28-16)23-22(18-4-2-3-17(9-18)11-27)31-24(36-23)32-25(34)33-12-26(13-33)14-35-8-7-30-26/h2-6,9-10,15,30H,7-8,12-14H2,1H3,(H,31,32,34). The van der Waals surface area contributed by atoms with Crippen LogP contribution < -0.4 is 10.6 Å². The number of nitrogens with zero attached hydrogens (tertiary/aromatic N) is 5. The number of nitriles is 1. The number of anilines is 1. The summed E-state index contributed by atoms with van der Waals surface area (Å²) in [6.45, 7) is 5.26. The van der Waals surface area contributed by atoms with Crippen molar-refractivity contribution in [3.8, 4) is 27.8 Å². The molecule has 2 aromatic carbocycles. The first kappa shape index (κ1) is 22.5. The monoisotopic (exact) mass is 497 g/mol. The number of aryl methyl sites for hydroxylation is 1. The minimum absolute atomic E-state index is 0.141. The Morgan fingerprint density at radius 1 is 1.22 bits per heavy atom. The van der Waals surface area contributed by atoms with Crippen molar-refractivity contribution in [2.75, 3.05) is 38.2 Å². The van der Waals surface area contributed by atoms with Crippen LogP contribution in [0.1, 0.15) is 11.3 Å². The molecular weight excluding hydrogens is 474 g/mol. The molecule has 0 saturated carbocycles. The van der Waals surface area contributed by atoms with Crippen LogP contribution in [0.25, 0.3) is 32.6 Å². The molecule has 2 fully saturated rings. The molecule has 36 heavy (non-hydrogen) atoms. The van der Waals surface area contributed by atoms with Crippen LogP contribution in [0.3, 0.4) is 0 Å². The third kappa shape index (κ3) is 4.07. The van der Waals surface area contributed by atoms with E-state index in [0.29, 0.717) is 42.7 Å². The molecule has 2 aromatic heterocycles. The van der Waals surface area contributed by atoms with Crippen molar-refractivity contribution in [2.45, 2.75) is 12.5 Å². The lowest BCUT2D eigenvalue weighted by Gasteiger charge is -2.51. The summed E-state index contributed by atoms with van der Waals surface area (Å²) in [5.41, 5.74) is 4.63. The van der Waals surface area contributed by atoms with Gasteiger partial charge in [-0.2, -0.15) is 5.26 Å². The van der Waals surface area contributed by atoms with Gasteiger partial charge in [0.05, 0.1) is 46.5 Å². The molecule has 2 aliphatic rings. The third-order valence-electron chi connectivity index (χ3n) is 6.60. The Kier molecular flexibility index (Phi) is 5.60. The lowest BCUT2D eigenvalue weighted by molar-refractivity contribution is -0.0393. The molecule has 2 saturated heterocycles. The number of carbonyl (C=O) groups is 1. The molecule has 0 unspecified atom stereocenters. The largest absolute Gasteiger partial charge is 0.378 e. The maximum absolute atomic E-state index is 13.0. The molecular formula is C26H23N7O2S. The Hall–Kier alpha value is -3.91. The van der Waals surface area contributed by atoms with Crippen LogP contribution in [0.15, 0.2) is 48.8 Å². The van der Waals surface area contributed by atoms with Gasteiger partial charge in [-0.25, -0.2) is 19.7 Å². The highest BCUT2D eigenvalue weighted by molar-refractivity contribution is 7.19. The summed E-state index contributed by atoms with van der Waals surface area (Å²) in [7, 11) is 0. The van der Waals surface area contributed by atoms with Gasteiger partial charge in [0.2, 0.25) is 0 Å². The van der Waals surface area contributed by atoms with Crippen molar-refractivity contribution in [2.24, 2.45) is 0 Å². The molecule has 2 N–H and O–H groups in total. The smallest absolute Gasteiger partial charge is 0.323 e. The van der Waals surface area contributed by atoms with E-state index in [0.717, 1.165) is 39.1 Å². The molecule has 2 amide bonds. The van der Waals surface area contributed by atoms with Crippen LogP contribution in [-0.4, -0.2) is 64.3 Å². The Balaban J connectivity index is 1.34. The number of thiazole rings is 1. The van der Waals surface area contributed by atoms with E-state index < -0.39 is 0 Å². The number of fused-ring (bicyclic) bond motifs is 1. The number of likely N-dealkylation sites (tertiary alicyclic amines) is 1. The number of aromatic nitrogens is 3. The van der Waals surface area contributed by atoms with E-state index in [1.165, 1.54) is 11.3 Å². The lowest BCUT2D eigenvalue weighted by Crippen LogP contribution is -2.74. The topological polar surface area (TPSA) is 116 Å². The van der Waals surface area contributed by atoms with Crippen molar-refractivity contribution in [1.29, 1.82) is 5.26 Å². The fourth-order valence-corrected chi connectivity index (χ4v) is 5.71. The summed E-state index contributed by atoms with van der Waals surface area (Å²) in [4.78, 5) is 29.1. The van der Waals surface area contributed by atoms with Gasteiger partial charge in [0.25, 0.3) is 0 Å². The summed E-state index contributed by atoms with van der Waals surface area (Å²) in [5.74, 6) is 0. The fourth-order valence-electron chi connectivity index (χ4n) is 4.74. The molecule has 1 spiro atoms. The number of nitrogens with one attached hydrogen (secondary N) is 2. The number of hydrogen-bond donors (Lipinski definition) is 2. The van der Waals surface area contributed by atoms with E-state index in [1.54, 1.807) is 17.3 Å². The van der Waals surface area contributed by atoms with Crippen molar-refractivity contribution in [1.82, 2.24) is 25.2 Å². The van der Waals surface area contributed by atoms with Crippen molar-refractivity contribution < 1.29 is 9.53 Å². The first-order chi connectivity index (χ1) is 17.5. The predicted octanol–water partition coefficient (Wildman–Crippen LogP) is 3.81. The van der Waals surface area contributed by atoms with Crippen molar-refractivity contribution in [3.05, 3.63) is 60.0 Å². The normalized spacial score (nSPS) is 16.5. The van der Waals surface area contributed by atoms with Gasteiger partial charge >= 0.3 is 6.03 Å². The molecule has 4 aromatic rings. The Morgan fingerprint density at radius 2 is 2.11 bits per heavy atom. The molecule has 6 rings (SSSR count). The zero-order chi connectivity index (χ0) is 24.7. The van der Waals surface area contributed by atoms with E-state index in [9.17, 15) is 10.1 Å². The third-order valence-corrected chi connectivity index (χ3v) is 7.62. The lowest BCUT2D eigenvalue weighted by atomic mass is 9.90. The van der Waals surface area contributed by atoms with Gasteiger partial charge in [0.1, 0.15) is 6.33 Å². The molecule has 10 heteroatoms. The SMILES string of the molecule is Cc1ncnc2ccc(-c3sc(NC(=O)N4CC5(COCCN5)C4)nc3-c3cccc(C#N)c3)cc12. The van der Waals surface area contributed by atoms with Crippen LogP contribution in [0.2, 0.25) is 0 Å². The second-order valence-corrected chi connectivity index (χ2v) is 10.1. The number of hydrogen-bond acceptors (Lipinski definition) is 8. The van der Waals surface area contributed by atoms with E-state index in [1.807, 2.05) is 37.3 Å². The molecule has 180 valence electrons.